The summed E-state index contributed by atoms with van der Waals surface area (Å²) in [5.41, 5.74) is 1.10. The number of amides is 1. The molecular formula is C21H24N6O4. The molecule has 4 rings (SSSR count). The SMILES string of the molecule is COc1cc2c(cc1Nc1cc(NC(=O)C3CC3)ncn1)ncn2C(=O)OC(C)(C)C. The van der Waals surface area contributed by atoms with Crippen molar-refractivity contribution in [2.75, 3.05) is 17.7 Å². The lowest BCUT2D eigenvalue weighted by Crippen LogP contribution is -2.26. The van der Waals surface area contributed by atoms with Crippen molar-refractivity contribution in [3.63, 3.8) is 0 Å². The van der Waals surface area contributed by atoms with Crippen molar-refractivity contribution in [2.45, 2.75) is 39.2 Å². The van der Waals surface area contributed by atoms with Crippen LogP contribution in [0.5, 0.6) is 5.75 Å². The second-order valence-corrected chi connectivity index (χ2v) is 8.31. The van der Waals surface area contributed by atoms with Crippen molar-refractivity contribution in [1.29, 1.82) is 0 Å². The van der Waals surface area contributed by atoms with E-state index in [0.717, 1.165) is 12.8 Å². The van der Waals surface area contributed by atoms with E-state index in [1.54, 1.807) is 39.0 Å². The van der Waals surface area contributed by atoms with Gasteiger partial charge in [0.15, 0.2) is 0 Å². The fraction of sp³-hybridized carbons (Fsp3) is 0.381. The lowest BCUT2D eigenvalue weighted by atomic mass is 10.2. The molecule has 2 N–H and O–H groups in total. The molecule has 0 aliphatic heterocycles. The van der Waals surface area contributed by atoms with Crippen LogP contribution in [-0.4, -0.2) is 44.2 Å². The fourth-order valence-corrected chi connectivity index (χ4v) is 2.97. The van der Waals surface area contributed by atoms with Crippen LogP contribution in [0.25, 0.3) is 11.0 Å². The number of carbonyl (C=O) groups excluding carboxylic acids is 2. The van der Waals surface area contributed by atoms with Crippen molar-refractivity contribution in [3.8, 4) is 5.75 Å². The van der Waals surface area contributed by atoms with Crippen LogP contribution in [0.15, 0.2) is 30.9 Å². The van der Waals surface area contributed by atoms with Gasteiger partial charge in [0.05, 0.1) is 23.8 Å². The number of anilines is 3. The van der Waals surface area contributed by atoms with Crippen LogP contribution in [0.2, 0.25) is 0 Å². The Bertz CT molecular complexity index is 1150. The molecule has 3 aromatic rings. The molecule has 0 bridgehead atoms. The van der Waals surface area contributed by atoms with Gasteiger partial charge in [-0.3, -0.25) is 4.79 Å². The van der Waals surface area contributed by atoms with E-state index in [9.17, 15) is 9.59 Å². The highest BCUT2D eigenvalue weighted by Crippen LogP contribution is 2.33. The number of methoxy groups -OCH3 is 1. The zero-order chi connectivity index (χ0) is 22.2. The molecule has 10 nitrogen and oxygen atoms in total. The van der Waals surface area contributed by atoms with Crippen LogP contribution in [0.1, 0.15) is 33.6 Å². The molecule has 0 atom stereocenters. The molecule has 1 aliphatic rings. The van der Waals surface area contributed by atoms with Crippen LogP contribution in [0.4, 0.5) is 22.1 Å². The number of benzene rings is 1. The van der Waals surface area contributed by atoms with E-state index in [4.69, 9.17) is 9.47 Å². The van der Waals surface area contributed by atoms with Gasteiger partial charge in [-0.25, -0.2) is 24.3 Å². The van der Waals surface area contributed by atoms with Gasteiger partial charge < -0.3 is 20.1 Å². The van der Waals surface area contributed by atoms with Gasteiger partial charge in [-0.15, -0.1) is 0 Å². The van der Waals surface area contributed by atoms with Gasteiger partial charge in [-0.2, -0.15) is 0 Å². The molecule has 2 aromatic heterocycles. The van der Waals surface area contributed by atoms with Gasteiger partial charge in [0, 0.05) is 18.1 Å². The minimum atomic E-state index is -0.626. The number of hydrogen-bond acceptors (Lipinski definition) is 8. The number of aromatic nitrogens is 4. The van der Waals surface area contributed by atoms with Gasteiger partial charge >= 0.3 is 6.09 Å². The van der Waals surface area contributed by atoms with E-state index in [-0.39, 0.29) is 11.8 Å². The first kappa shape index (κ1) is 20.6. The summed E-state index contributed by atoms with van der Waals surface area (Å²) in [5.74, 6) is 1.43. The zero-order valence-corrected chi connectivity index (χ0v) is 17.8. The minimum Gasteiger partial charge on any atom is -0.494 e. The van der Waals surface area contributed by atoms with Crippen molar-refractivity contribution >= 4 is 40.4 Å². The second-order valence-electron chi connectivity index (χ2n) is 8.31. The summed E-state index contributed by atoms with van der Waals surface area (Å²) in [6.07, 6.45) is 4.08. The first-order valence-corrected chi connectivity index (χ1v) is 9.92. The summed E-state index contributed by atoms with van der Waals surface area (Å²) in [6.45, 7) is 5.40. The van der Waals surface area contributed by atoms with Crippen LogP contribution in [0, 0.1) is 5.92 Å². The highest BCUT2D eigenvalue weighted by molar-refractivity contribution is 5.94. The Morgan fingerprint density at radius 1 is 1.10 bits per heavy atom. The van der Waals surface area contributed by atoms with Gasteiger partial charge in [-0.1, -0.05) is 0 Å². The van der Waals surface area contributed by atoms with Gasteiger partial charge in [0.25, 0.3) is 0 Å². The standard InChI is InChI=1S/C21H24N6O4/c1-21(2,3)31-20(29)27-11-24-13-7-14(16(30-4)8-15(13)27)25-17-9-18(23-10-22-17)26-19(28)12-5-6-12/h7-12H,5-6H2,1-4H3,(H2,22,23,25,26,28). The maximum absolute atomic E-state index is 12.5. The molecule has 1 aliphatic carbocycles. The molecule has 1 amide bonds. The molecule has 0 saturated heterocycles. The fourth-order valence-electron chi connectivity index (χ4n) is 2.97. The Kier molecular flexibility index (Phi) is 5.22. The summed E-state index contributed by atoms with van der Waals surface area (Å²) in [5, 5.41) is 5.95. The molecule has 0 spiro atoms. The highest BCUT2D eigenvalue weighted by atomic mass is 16.6. The first-order chi connectivity index (χ1) is 14.7. The molecule has 31 heavy (non-hydrogen) atoms. The average molecular weight is 424 g/mol. The lowest BCUT2D eigenvalue weighted by Gasteiger charge is -2.19. The average Bonchev–Trinajstić information content (AvgIpc) is 3.47. The van der Waals surface area contributed by atoms with Crippen molar-refractivity contribution in [1.82, 2.24) is 19.5 Å². The number of nitrogens with one attached hydrogen (secondary N) is 2. The topological polar surface area (TPSA) is 120 Å². The molecule has 2 heterocycles. The van der Waals surface area contributed by atoms with Crippen molar-refractivity contribution < 1.29 is 19.1 Å². The van der Waals surface area contributed by atoms with E-state index < -0.39 is 11.7 Å². The second kappa shape index (κ2) is 7.86. The Morgan fingerprint density at radius 2 is 1.84 bits per heavy atom. The quantitative estimate of drug-likeness (QED) is 0.636. The van der Waals surface area contributed by atoms with Gasteiger partial charge in [0.2, 0.25) is 5.91 Å². The van der Waals surface area contributed by atoms with Gasteiger partial charge in [0.1, 0.15) is 35.6 Å². The Labute approximate surface area is 179 Å². The zero-order valence-electron chi connectivity index (χ0n) is 17.8. The van der Waals surface area contributed by atoms with Crippen LogP contribution in [0.3, 0.4) is 0 Å². The number of rotatable bonds is 5. The summed E-state index contributed by atoms with van der Waals surface area (Å²) in [4.78, 5) is 37.1. The van der Waals surface area contributed by atoms with E-state index in [0.29, 0.717) is 34.1 Å². The number of carbonyl (C=O) groups is 2. The predicted molar refractivity (Wildman–Crippen MR) is 115 cm³/mol. The van der Waals surface area contributed by atoms with Gasteiger partial charge in [-0.05, 0) is 39.7 Å². The number of imidazole rings is 1. The third kappa shape index (κ3) is 4.73. The lowest BCUT2D eigenvalue weighted by molar-refractivity contribution is -0.117. The normalized spacial score (nSPS) is 13.7. The highest BCUT2D eigenvalue weighted by Gasteiger charge is 2.29. The Balaban J connectivity index is 1.59. The Hall–Kier alpha value is -3.69. The molecular weight excluding hydrogens is 400 g/mol. The largest absolute Gasteiger partial charge is 0.494 e. The minimum absolute atomic E-state index is 0.0312. The molecule has 162 valence electrons. The van der Waals surface area contributed by atoms with E-state index in [1.165, 1.54) is 24.3 Å². The summed E-state index contributed by atoms with van der Waals surface area (Å²) >= 11 is 0. The van der Waals surface area contributed by atoms with Crippen LogP contribution >= 0.6 is 0 Å². The molecule has 10 heteroatoms. The number of fused-ring (bicyclic) bond motifs is 1. The molecule has 0 unspecified atom stereocenters. The van der Waals surface area contributed by atoms with Crippen molar-refractivity contribution in [3.05, 3.63) is 30.9 Å². The molecule has 1 aromatic carbocycles. The molecule has 1 saturated carbocycles. The number of ether oxygens (including phenoxy) is 2. The first-order valence-electron chi connectivity index (χ1n) is 9.92. The number of nitrogens with zero attached hydrogens (tertiary/aromatic N) is 4. The summed E-state index contributed by atoms with van der Waals surface area (Å²) in [7, 11) is 1.53. The molecule has 0 radical (unpaired) electrons. The third-order valence-corrected chi connectivity index (χ3v) is 4.59. The maximum atomic E-state index is 12.5. The van der Waals surface area contributed by atoms with E-state index in [2.05, 4.69) is 25.6 Å². The predicted octanol–water partition coefficient (Wildman–Crippen LogP) is 3.71. The Morgan fingerprint density at radius 3 is 2.52 bits per heavy atom. The van der Waals surface area contributed by atoms with Crippen LogP contribution in [-0.2, 0) is 9.53 Å². The summed E-state index contributed by atoms with van der Waals surface area (Å²) in [6, 6.07) is 5.09. The number of hydrogen-bond donors (Lipinski definition) is 2. The third-order valence-electron chi connectivity index (χ3n) is 4.59. The monoisotopic (exact) mass is 424 g/mol. The van der Waals surface area contributed by atoms with E-state index >= 15 is 0 Å². The maximum Gasteiger partial charge on any atom is 0.420 e. The van der Waals surface area contributed by atoms with Crippen LogP contribution < -0.4 is 15.4 Å². The molecule has 1 fully saturated rings. The smallest absolute Gasteiger partial charge is 0.420 e. The van der Waals surface area contributed by atoms with E-state index in [1.807, 2.05) is 0 Å². The van der Waals surface area contributed by atoms with Crippen molar-refractivity contribution in [2.24, 2.45) is 5.92 Å². The summed E-state index contributed by atoms with van der Waals surface area (Å²) < 4.78 is 12.3.